The van der Waals surface area contributed by atoms with Crippen molar-refractivity contribution in [1.29, 1.82) is 0 Å². The van der Waals surface area contributed by atoms with E-state index in [0.717, 1.165) is 31.2 Å². The van der Waals surface area contributed by atoms with E-state index in [9.17, 15) is 9.59 Å². The maximum absolute atomic E-state index is 12.4. The zero-order chi connectivity index (χ0) is 31.8. The van der Waals surface area contributed by atoms with Gasteiger partial charge in [0.2, 0.25) is 0 Å². The van der Waals surface area contributed by atoms with E-state index in [1.807, 2.05) is 25.1 Å². The number of carbonyl (C=O) groups is 2. The summed E-state index contributed by atoms with van der Waals surface area (Å²) in [4.78, 5) is 33.5. The molecule has 250 valence electrons. The molecule has 0 unspecified atom stereocenters. The van der Waals surface area contributed by atoms with Crippen LogP contribution in [0.2, 0.25) is 0 Å². The summed E-state index contributed by atoms with van der Waals surface area (Å²) in [5.74, 6) is -0.359. The summed E-state index contributed by atoms with van der Waals surface area (Å²) in [6.45, 7) is 9.65. The number of aryl methyl sites for hydroxylation is 2. The number of hydrogen-bond acceptors (Lipinski definition) is 9. The van der Waals surface area contributed by atoms with Gasteiger partial charge in [-0.05, 0) is 49.3 Å². The monoisotopic (exact) mass is 629 g/mol. The Labute approximate surface area is 268 Å². The number of carbonyl (C=O) groups excluding carboxylic acids is 2. The summed E-state index contributed by atoms with van der Waals surface area (Å²) < 4.78 is 27.2. The normalized spacial score (nSPS) is 13.6. The van der Waals surface area contributed by atoms with Gasteiger partial charge in [-0.25, -0.2) is 4.79 Å². The van der Waals surface area contributed by atoms with Gasteiger partial charge in [-0.2, -0.15) is 5.48 Å². The molecule has 11 nitrogen and oxygen atoms in total. The summed E-state index contributed by atoms with van der Waals surface area (Å²) in [6.07, 6.45) is 3.95. The third kappa shape index (κ3) is 16.7. The predicted molar refractivity (Wildman–Crippen MR) is 171 cm³/mol. The molecule has 11 heteroatoms. The molecule has 1 N–H and O–H groups in total. The number of nitrogens with one attached hydrogen (secondary N) is 1. The predicted octanol–water partition coefficient (Wildman–Crippen LogP) is 3.64. The van der Waals surface area contributed by atoms with Gasteiger partial charge in [0.15, 0.2) is 0 Å². The van der Waals surface area contributed by atoms with Crippen LogP contribution >= 0.6 is 0 Å². The number of hydroxylamine groups is 1. The average Bonchev–Trinajstić information content (AvgIpc) is 3.07. The van der Waals surface area contributed by atoms with Crippen LogP contribution in [0.5, 0.6) is 0 Å². The first-order valence-corrected chi connectivity index (χ1v) is 16.1. The van der Waals surface area contributed by atoms with Crippen molar-refractivity contribution < 1.29 is 38.1 Å². The third-order valence-electron chi connectivity index (χ3n) is 7.26. The SMILES string of the molecule is CCOCCOCCOCCOCCOCN1CCN(C(=O)ONC(=O)Cc2ccc(CCCCc3ccccc3)cc2)CC1. The quantitative estimate of drug-likeness (QED) is 0.154. The maximum Gasteiger partial charge on any atom is 0.434 e. The van der Waals surface area contributed by atoms with Crippen LogP contribution in [0, 0.1) is 0 Å². The topological polar surface area (TPSA) is 108 Å². The van der Waals surface area contributed by atoms with Crippen LogP contribution in [-0.4, -0.2) is 114 Å². The molecule has 3 rings (SSSR count). The van der Waals surface area contributed by atoms with E-state index in [-0.39, 0.29) is 12.3 Å². The fourth-order valence-corrected chi connectivity index (χ4v) is 4.69. The molecule has 45 heavy (non-hydrogen) atoms. The maximum atomic E-state index is 12.4. The van der Waals surface area contributed by atoms with E-state index in [0.29, 0.717) is 92.4 Å². The van der Waals surface area contributed by atoms with Crippen molar-refractivity contribution in [3.63, 3.8) is 0 Å². The Kier molecular flexibility index (Phi) is 18.9. The van der Waals surface area contributed by atoms with Crippen LogP contribution in [0.15, 0.2) is 54.6 Å². The minimum atomic E-state index is -0.553. The van der Waals surface area contributed by atoms with Crippen LogP contribution in [0.3, 0.4) is 0 Å². The Morgan fingerprint density at radius 2 is 1.16 bits per heavy atom. The third-order valence-corrected chi connectivity index (χ3v) is 7.26. The Bertz CT molecular complexity index is 1050. The second-order valence-corrected chi connectivity index (χ2v) is 10.8. The molecular weight excluding hydrogens is 578 g/mol. The number of ether oxygens (including phenoxy) is 5. The molecule has 1 aliphatic heterocycles. The highest BCUT2D eigenvalue weighted by atomic mass is 16.7. The van der Waals surface area contributed by atoms with E-state index in [2.05, 4.69) is 46.8 Å². The van der Waals surface area contributed by atoms with Crippen LogP contribution in [0.25, 0.3) is 0 Å². The highest BCUT2D eigenvalue weighted by molar-refractivity contribution is 5.79. The Morgan fingerprint density at radius 1 is 0.644 bits per heavy atom. The van der Waals surface area contributed by atoms with Crippen LogP contribution in [0.1, 0.15) is 36.5 Å². The number of rotatable bonds is 22. The van der Waals surface area contributed by atoms with Crippen molar-refractivity contribution in [2.45, 2.75) is 39.0 Å². The zero-order valence-electron chi connectivity index (χ0n) is 26.8. The van der Waals surface area contributed by atoms with Gasteiger partial charge in [0.25, 0.3) is 5.91 Å². The van der Waals surface area contributed by atoms with Crippen molar-refractivity contribution in [2.24, 2.45) is 0 Å². The summed E-state index contributed by atoms with van der Waals surface area (Å²) in [7, 11) is 0. The summed E-state index contributed by atoms with van der Waals surface area (Å²) in [5.41, 5.74) is 5.79. The van der Waals surface area contributed by atoms with Gasteiger partial charge in [0.05, 0.1) is 66.0 Å². The average molecular weight is 630 g/mol. The Morgan fingerprint density at radius 3 is 1.73 bits per heavy atom. The van der Waals surface area contributed by atoms with E-state index >= 15 is 0 Å². The van der Waals surface area contributed by atoms with E-state index in [1.165, 1.54) is 11.1 Å². The molecule has 0 bridgehead atoms. The van der Waals surface area contributed by atoms with Crippen molar-refractivity contribution in [2.75, 3.05) is 92.4 Å². The number of piperazine rings is 1. The lowest BCUT2D eigenvalue weighted by atomic mass is 10.0. The fourth-order valence-electron chi connectivity index (χ4n) is 4.69. The first-order chi connectivity index (χ1) is 22.1. The number of hydrogen-bond donors (Lipinski definition) is 1. The molecule has 2 aromatic rings. The van der Waals surface area contributed by atoms with Gasteiger partial charge in [-0.3, -0.25) is 9.69 Å². The molecule has 0 aromatic heterocycles. The Hall–Kier alpha value is -3.06. The molecule has 1 heterocycles. The minimum absolute atomic E-state index is 0.147. The molecule has 0 atom stereocenters. The lowest BCUT2D eigenvalue weighted by molar-refractivity contribution is -0.129. The first-order valence-electron chi connectivity index (χ1n) is 16.1. The molecule has 1 aliphatic rings. The van der Waals surface area contributed by atoms with Gasteiger partial charge in [-0.1, -0.05) is 54.6 Å². The first kappa shape index (κ1) is 36.4. The van der Waals surface area contributed by atoms with Crippen LogP contribution < -0.4 is 5.48 Å². The second kappa shape index (κ2) is 23.3. The minimum Gasteiger partial charge on any atom is -0.379 e. The smallest absolute Gasteiger partial charge is 0.379 e. The number of amides is 2. The number of benzene rings is 2. The van der Waals surface area contributed by atoms with Crippen LogP contribution in [-0.2, 0) is 52.6 Å². The number of nitrogens with zero attached hydrogens (tertiary/aromatic N) is 2. The fraction of sp³-hybridized carbons (Fsp3) is 0.588. The van der Waals surface area contributed by atoms with Gasteiger partial charge < -0.3 is 33.4 Å². The molecule has 1 saturated heterocycles. The van der Waals surface area contributed by atoms with Gasteiger partial charge >= 0.3 is 6.09 Å². The summed E-state index contributed by atoms with van der Waals surface area (Å²) >= 11 is 0. The molecule has 2 amide bonds. The van der Waals surface area contributed by atoms with Crippen molar-refractivity contribution >= 4 is 12.0 Å². The molecule has 0 aliphatic carbocycles. The largest absolute Gasteiger partial charge is 0.434 e. The molecule has 2 aromatic carbocycles. The second-order valence-electron chi connectivity index (χ2n) is 10.8. The van der Waals surface area contributed by atoms with E-state index in [4.69, 9.17) is 28.5 Å². The highest BCUT2D eigenvalue weighted by Crippen LogP contribution is 2.11. The van der Waals surface area contributed by atoms with Gasteiger partial charge in [0.1, 0.15) is 0 Å². The zero-order valence-corrected chi connectivity index (χ0v) is 26.8. The molecule has 1 fully saturated rings. The van der Waals surface area contributed by atoms with Crippen molar-refractivity contribution in [3.8, 4) is 0 Å². The standard InChI is InChI=1S/C34H51N3O8/c1-2-40-20-21-41-22-23-42-24-25-43-26-27-44-29-36-16-18-37(19-17-36)34(39)45-35-33(38)28-32-14-12-31(13-15-32)11-7-6-10-30-8-4-3-5-9-30/h3-5,8-9,12-15H,2,6-7,10-11,16-29H2,1H3,(H,35,38). The van der Waals surface area contributed by atoms with Gasteiger partial charge in [-0.15, -0.1) is 0 Å². The van der Waals surface area contributed by atoms with Crippen molar-refractivity contribution in [1.82, 2.24) is 15.3 Å². The van der Waals surface area contributed by atoms with Crippen LogP contribution in [0.4, 0.5) is 4.79 Å². The van der Waals surface area contributed by atoms with E-state index < -0.39 is 6.09 Å². The summed E-state index contributed by atoms with van der Waals surface area (Å²) in [5, 5.41) is 0. The highest BCUT2D eigenvalue weighted by Gasteiger charge is 2.23. The molecule has 0 saturated carbocycles. The lowest BCUT2D eigenvalue weighted by Gasteiger charge is -2.33. The van der Waals surface area contributed by atoms with E-state index in [1.54, 1.807) is 4.90 Å². The lowest BCUT2D eigenvalue weighted by Crippen LogP contribution is -2.50. The molecule has 0 radical (unpaired) electrons. The van der Waals surface area contributed by atoms with Crippen molar-refractivity contribution in [3.05, 3.63) is 71.3 Å². The summed E-state index contributed by atoms with van der Waals surface area (Å²) in [6, 6.07) is 18.6. The van der Waals surface area contributed by atoms with Gasteiger partial charge in [0, 0.05) is 32.8 Å². The number of unbranched alkanes of at least 4 members (excludes halogenated alkanes) is 1. The molecule has 0 spiro atoms. The Balaban J connectivity index is 1.14. The molecular formula is C34H51N3O8.